The van der Waals surface area contributed by atoms with Gasteiger partial charge in [-0.1, -0.05) is 24.4 Å². The molecule has 2 aliphatic rings. The van der Waals surface area contributed by atoms with E-state index in [1.54, 1.807) is 0 Å². The van der Waals surface area contributed by atoms with E-state index in [1.807, 2.05) is 0 Å². The van der Waals surface area contributed by atoms with Crippen LogP contribution in [0.5, 0.6) is 0 Å². The second kappa shape index (κ2) is 6.04. The van der Waals surface area contributed by atoms with E-state index < -0.39 is 0 Å². The lowest BCUT2D eigenvalue weighted by Crippen LogP contribution is -2.10. The Hall–Kier alpha value is -0.900. The van der Waals surface area contributed by atoms with Gasteiger partial charge in [-0.15, -0.1) is 0 Å². The molecule has 2 saturated carbocycles. The second-order valence-corrected chi connectivity index (χ2v) is 6.28. The van der Waals surface area contributed by atoms with E-state index in [4.69, 9.17) is 10.3 Å². The summed E-state index contributed by atoms with van der Waals surface area (Å²) in [4.78, 5) is 4.63. The van der Waals surface area contributed by atoms with Crippen molar-refractivity contribution >= 4 is 0 Å². The van der Waals surface area contributed by atoms with Crippen LogP contribution in [0.4, 0.5) is 0 Å². The molecular formula is C15H25N3O. The predicted octanol–water partition coefficient (Wildman–Crippen LogP) is 3.03. The highest BCUT2D eigenvalue weighted by Gasteiger charge is 2.42. The maximum atomic E-state index is 5.48. The van der Waals surface area contributed by atoms with Crippen molar-refractivity contribution in [2.24, 2.45) is 17.6 Å². The molecule has 1 heterocycles. The maximum Gasteiger partial charge on any atom is 0.226 e. The molecule has 4 nitrogen and oxygen atoms in total. The Morgan fingerprint density at radius 1 is 1.11 bits per heavy atom. The molecule has 0 amide bonds. The van der Waals surface area contributed by atoms with Crippen molar-refractivity contribution in [3.63, 3.8) is 0 Å². The third-order valence-corrected chi connectivity index (χ3v) is 4.90. The Bertz CT molecular complexity index is 404. The molecule has 0 saturated heterocycles. The van der Waals surface area contributed by atoms with Crippen LogP contribution in [0.3, 0.4) is 0 Å². The Morgan fingerprint density at radius 2 is 2.00 bits per heavy atom. The third kappa shape index (κ3) is 2.99. The first-order chi connectivity index (χ1) is 9.36. The molecule has 0 radical (unpaired) electrons. The smallest absolute Gasteiger partial charge is 0.226 e. The van der Waals surface area contributed by atoms with Gasteiger partial charge in [-0.2, -0.15) is 4.98 Å². The standard InChI is InChI=1S/C15H25N3O/c16-8-4-2-1-3-5-14-17-15(18-19-14)13-10-11-6-7-12(13)9-11/h11-13H,1-10,16H2. The summed E-state index contributed by atoms with van der Waals surface area (Å²) >= 11 is 0. The van der Waals surface area contributed by atoms with Gasteiger partial charge in [0.15, 0.2) is 5.82 Å². The second-order valence-electron chi connectivity index (χ2n) is 6.28. The topological polar surface area (TPSA) is 64.9 Å². The number of hydrogen-bond acceptors (Lipinski definition) is 4. The summed E-state index contributed by atoms with van der Waals surface area (Å²) in [7, 11) is 0. The van der Waals surface area contributed by atoms with E-state index in [2.05, 4.69) is 10.1 Å². The van der Waals surface area contributed by atoms with Crippen LogP contribution in [-0.2, 0) is 6.42 Å². The minimum Gasteiger partial charge on any atom is -0.339 e. The number of aromatic nitrogens is 2. The molecule has 19 heavy (non-hydrogen) atoms. The van der Waals surface area contributed by atoms with Crippen LogP contribution in [0.25, 0.3) is 0 Å². The van der Waals surface area contributed by atoms with Crippen LogP contribution < -0.4 is 5.73 Å². The Labute approximate surface area is 115 Å². The molecule has 3 rings (SSSR count). The lowest BCUT2D eigenvalue weighted by atomic mass is 9.88. The molecule has 1 aromatic heterocycles. The van der Waals surface area contributed by atoms with Crippen LogP contribution in [0.1, 0.15) is 69.0 Å². The minimum atomic E-state index is 0.591. The van der Waals surface area contributed by atoms with Crippen LogP contribution in [-0.4, -0.2) is 16.7 Å². The molecule has 0 aromatic carbocycles. The molecule has 3 atom stereocenters. The summed E-state index contributed by atoms with van der Waals surface area (Å²) in [6, 6.07) is 0. The lowest BCUT2D eigenvalue weighted by Gasteiger charge is -2.17. The summed E-state index contributed by atoms with van der Waals surface area (Å²) in [6.07, 6.45) is 11.1. The fraction of sp³-hybridized carbons (Fsp3) is 0.867. The number of hydrogen-bond donors (Lipinski definition) is 1. The molecule has 4 heteroatoms. The Kier molecular flexibility index (Phi) is 4.16. The summed E-state index contributed by atoms with van der Waals surface area (Å²) in [5.41, 5.74) is 5.48. The molecule has 0 spiro atoms. The van der Waals surface area contributed by atoms with Crippen molar-refractivity contribution in [1.29, 1.82) is 0 Å². The molecule has 1 aromatic rings. The van der Waals surface area contributed by atoms with Crippen LogP contribution in [0, 0.1) is 11.8 Å². The van der Waals surface area contributed by atoms with Gasteiger partial charge in [0, 0.05) is 12.3 Å². The van der Waals surface area contributed by atoms with Gasteiger partial charge in [0.2, 0.25) is 5.89 Å². The maximum absolute atomic E-state index is 5.48. The van der Waals surface area contributed by atoms with Gasteiger partial charge in [0.25, 0.3) is 0 Å². The molecular weight excluding hydrogens is 238 g/mol. The molecule has 2 bridgehead atoms. The van der Waals surface area contributed by atoms with Gasteiger partial charge < -0.3 is 10.3 Å². The quantitative estimate of drug-likeness (QED) is 0.768. The first-order valence-electron chi connectivity index (χ1n) is 7.89. The van der Waals surface area contributed by atoms with Crippen molar-refractivity contribution in [3.05, 3.63) is 11.7 Å². The minimum absolute atomic E-state index is 0.591. The van der Waals surface area contributed by atoms with Gasteiger partial charge in [-0.3, -0.25) is 0 Å². The first-order valence-corrected chi connectivity index (χ1v) is 7.89. The van der Waals surface area contributed by atoms with E-state index in [9.17, 15) is 0 Å². The Morgan fingerprint density at radius 3 is 2.74 bits per heavy atom. The van der Waals surface area contributed by atoms with Crippen molar-refractivity contribution in [2.45, 2.75) is 63.7 Å². The zero-order valence-electron chi connectivity index (χ0n) is 11.7. The third-order valence-electron chi connectivity index (χ3n) is 4.90. The molecule has 2 aliphatic carbocycles. The molecule has 106 valence electrons. The average Bonchev–Trinajstić information content (AvgIpc) is 3.14. The van der Waals surface area contributed by atoms with E-state index in [-0.39, 0.29) is 0 Å². The summed E-state index contributed by atoms with van der Waals surface area (Å²) < 4.78 is 5.41. The number of fused-ring (bicyclic) bond motifs is 2. The van der Waals surface area contributed by atoms with Gasteiger partial charge in [-0.25, -0.2) is 0 Å². The molecule has 2 N–H and O–H groups in total. The highest BCUT2D eigenvalue weighted by Crippen LogP contribution is 2.52. The zero-order valence-corrected chi connectivity index (χ0v) is 11.7. The van der Waals surface area contributed by atoms with Crippen LogP contribution in [0.2, 0.25) is 0 Å². The predicted molar refractivity (Wildman–Crippen MR) is 73.7 cm³/mol. The van der Waals surface area contributed by atoms with Crippen molar-refractivity contribution in [1.82, 2.24) is 10.1 Å². The highest BCUT2D eigenvalue weighted by atomic mass is 16.5. The van der Waals surface area contributed by atoms with Gasteiger partial charge in [-0.05, 0) is 50.5 Å². The number of unbranched alkanes of at least 4 members (excludes halogenated alkanes) is 3. The summed E-state index contributed by atoms with van der Waals surface area (Å²) in [5, 5.41) is 4.23. The van der Waals surface area contributed by atoms with Gasteiger partial charge in [0.1, 0.15) is 0 Å². The fourth-order valence-corrected chi connectivity index (χ4v) is 3.86. The fourth-order valence-electron chi connectivity index (χ4n) is 3.86. The summed E-state index contributed by atoms with van der Waals surface area (Å²) in [5.74, 6) is 4.19. The number of nitrogens with two attached hydrogens (primary N) is 1. The molecule has 0 aliphatic heterocycles. The van der Waals surface area contributed by atoms with Crippen molar-refractivity contribution in [3.8, 4) is 0 Å². The lowest BCUT2D eigenvalue weighted by molar-refractivity contribution is 0.349. The van der Waals surface area contributed by atoms with E-state index in [0.717, 1.165) is 49.4 Å². The monoisotopic (exact) mass is 263 g/mol. The highest BCUT2D eigenvalue weighted by molar-refractivity contribution is 5.06. The Balaban J connectivity index is 1.47. The van der Waals surface area contributed by atoms with Crippen LogP contribution >= 0.6 is 0 Å². The normalized spacial score (nSPS) is 29.2. The van der Waals surface area contributed by atoms with Crippen molar-refractivity contribution in [2.75, 3.05) is 6.54 Å². The van der Waals surface area contributed by atoms with Gasteiger partial charge >= 0.3 is 0 Å². The first kappa shape index (κ1) is 13.1. The van der Waals surface area contributed by atoms with E-state index in [1.165, 1.54) is 38.5 Å². The zero-order chi connectivity index (χ0) is 13.1. The molecule has 2 fully saturated rings. The SMILES string of the molecule is NCCCCCCc1nc(C2CC3CCC2C3)no1. The molecule has 3 unspecified atom stereocenters. The largest absolute Gasteiger partial charge is 0.339 e. The van der Waals surface area contributed by atoms with Gasteiger partial charge in [0.05, 0.1) is 0 Å². The van der Waals surface area contributed by atoms with E-state index >= 15 is 0 Å². The number of rotatable bonds is 7. The summed E-state index contributed by atoms with van der Waals surface area (Å²) in [6.45, 7) is 0.801. The number of aryl methyl sites for hydroxylation is 1. The van der Waals surface area contributed by atoms with Crippen LogP contribution in [0.15, 0.2) is 4.52 Å². The average molecular weight is 263 g/mol. The van der Waals surface area contributed by atoms with Crippen molar-refractivity contribution < 1.29 is 4.52 Å². The number of nitrogens with zero attached hydrogens (tertiary/aromatic N) is 2. The van der Waals surface area contributed by atoms with E-state index in [0.29, 0.717) is 5.92 Å².